The first-order valence-corrected chi connectivity index (χ1v) is 8.37. The van der Waals surface area contributed by atoms with Crippen LogP contribution >= 0.6 is 35.3 Å². The van der Waals surface area contributed by atoms with E-state index in [1.165, 1.54) is 16.9 Å². The van der Waals surface area contributed by atoms with Crippen LogP contribution in [0.1, 0.15) is 22.2 Å². The molecule has 0 aliphatic carbocycles. The Morgan fingerprint density at radius 3 is 2.62 bits per heavy atom. The molecule has 5 nitrogen and oxygen atoms in total. The van der Waals surface area contributed by atoms with Gasteiger partial charge in [-0.2, -0.15) is 0 Å². The molecular weight excluding hydrogens is 437 g/mol. The Morgan fingerprint density at radius 1 is 1.25 bits per heavy atom. The largest absolute Gasteiger partial charge is 0.504 e. The quantitative estimate of drug-likeness (QED) is 0.349. The predicted molar refractivity (Wildman–Crippen MR) is 111 cm³/mol. The van der Waals surface area contributed by atoms with Gasteiger partial charge in [0.25, 0.3) is 0 Å². The van der Waals surface area contributed by atoms with E-state index >= 15 is 0 Å². The molecule has 0 atom stereocenters. The Balaban J connectivity index is 0.00000288. The van der Waals surface area contributed by atoms with Crippen molar-refractivity contribution in [2.24, 2.45) is 4.99 Å². The number of aromatic hydroxyl groups is 1. The molecule has 1 heterocycles. The lowest BCUT2D eigenvalue weighted by molar-refractivity contribution is 0.373. The summed E-state index contributed by atoms with van der Waals surface area (Å²) >= 11 is 1.78. The van der Waals surface area contributed by atoms with Crippen molar-refractivity contribution in [1.82, 2.24) is 10.6 Å². The maximum absolute atomic E-state index is 9.81. The molecule has 24 heavy (non-hydrogen) atoms. The summed E-state index contributed by atoms with van der Waals surface area (Å²) in [6.45, 7) is 6.16. The lowest BCUT2D eigenvalue weighted by Crippen LogP contribution is -2.36. The van der Waals surface area contributed by atoms with Gasteiger partial charge in [0.2, 0.25) is 0 Å². The fourth-order valence-electron chi connectivity index (χ4n) is 2.10. The van der Waals surface area contributed by atoms with Crippen LogP contribution < -0.4 is 15.4 Å². The van der Waals surface area contributed by atoms with E-state index in [1.54, 1.807) is 23.5 Å². The third-order valence-corrected chi connectivity index (χ3v) is 4.23. The second-order valence-electron chi connectivity index (χ2n) is 5.07. The molecule has 7 heteroatoms. The fraction of sp³-hybridized carbons (Fsp3) is 0.353. The zero-order valence-electron chi connectivity index (χ0n) is 14.1. The van der Waals surface area contributed by atoms with E-state index in [4.69, 9.17) is 4.74 Å². The van der Waals surface area contributed by atoms with Gasteiger partial charge < -0.3 is 20.5 Å². The number of thiophene rings is 1. The van der Waals surface area contributed by atoms with E-state index in [2.05, 4.69) is 34.7 Å². The number of aliphatic imine (C=N–C) groups is 1. The molecule has 0 aliphatic rings. The van der Waals surface area contributed by atoms with Crippen LogP contribution in [0.25, 0.3) is 0 Å². The lowest BCUT2D eigenvalue weighted by atomic mass is 10.2. The van der Waals surface area contributed by atoms with Crippen LogP contribution in [-0.4, -0.2) is 24.7 Å². The summed E-state index contributed by atoms with van der Waals surface area (Å²) in [6.07, 6.45) is 0. The van der Waals surface area contributed by atoms with Gasteiger partial charge in [-0.25, -0.2) is 4.99 Å². The van der Waals surface area contributed by atoms with Crippen LogP contribution in [0.3, 0.4) is 0 Å². The summed E-state index contributed by atoms with van der Waals surface area (Å²) < 4.78 is 5.04. The van der Waals surface area contributed by atoms with Crippen LogP contribution in [0, 0.1) is 6.92 Å². The van der Waals surface area contributed by atoms with E-state index in [-0.39, 0.29) is 29.7 Å². The second kappa shape index (κ2) is 10.4. The molecule has 0 aliphatic heterocycles. The van der Waals surface area contributed by atoms with Gasteiger partial charge in [-0.05, 0) is 43.7 Å². The van der Waals surface area contributed by atoms with E-state index in [0.29, 0.717) is 12.3 Å². The molecule has 0 spiro atoms. The number of hydrogen-bond donors (Lipinski definition) is 3. The summed E-state index contributed by atoms with van der Waals surface area (Å²) in [4.78, 5) is 7.13. The zero-order chi connectivity index (χ0) is 16.7. The van der Waals surface area contributed by atoms with Gasteiger partial charge in [-0.1, -0.05) is 6.07 Å². The molecule has 0 amide bonds. The molecule has 0 fully saturated rings. The number of nitrogens with zero attached hydrogens (tertiary/aromatic N) is 1. The molecule has 132 valence electrons. The molecule has 2 rings (SSSR count). The van der Waals surface area contributed by atoms with Gasteiger partial charge in [0.05, 0.1) is 20.2 Å². The Labute approximate surface area is 164 Å². The van der Waals surface area contributed by atoms with Gasteiger partial charge in [-0.3, -0.25) is 0 Å². The van der Waals surface area contributed by atoms with Crippen LogP contribution in [0.15, 0.2) is 35.3 Å². The highest BCUT2D eigenvalue weighted by Gasteiger charge is 2.03. The molecule has 0 saturated carbocycles. The van der Waals surface area contributed by atoms with Gasteiger partial charge >= 0.3 is 0 Å². The van der Waals surface area contributed by atoms with Crippen LogP contribution in [0.4, 0.5) is 0 Å². The molecule has 1 aromatic carbocycles. The average Bonchev–Trinajstić information content (AvgIpc) is 2.95. The SMILES string of the molecule is CCNC(=NCc1ccc(OC)c(O)c1)NCc1ccc(C)s1.I. The van der Waals surface area contributed by atoms with Crippen molar-refractivity contribution < 1.29 is 9.84 Å². The van der Waals surface area contributed by atoms with E-state index in [1.807, 2.05) is 13.0 Å². The van der Waals surface area contributed by atoms with Crippen molar-refractivity contribution in [3.8, 4) is 11.5 Å². The summed E-state index contributed by atoms with van der Waals surface area (Å²) in [5, 5.41) is 16.4. The number of hydrogen-bond acceptors (Lipinski definition) is 4. The van der Waals surface area contributed by atoms with Crippen molar-refractivity contribution in [3.05, 3.63) is 45.6 Å². The maximum Gasteiger partial charge on any atom is 0.191 e. The van der Waals surface area contributed by atoms with Crippen molar-refractivity contribution in [2.45, 2.75) is 26.9 Å². The Hall–Kier alpha value is -1.48. The summed E-state index contributed by atoms with van der Waals surface area (Å²) in [5.74, 6) is 1.36. The summed E-state index contributed by atoms with van der Waals surface area (Å²) in [6, 6.07) is 9.56. The molecule has 2 aromatic rings. The monoisotopic (exact) mass is 461 g/mol. The molecule has 0 radical (unpaired) electrons. The highest BCUT2D eigenvalue weighted by atomic mass is 127. The molecule has 3 N–H and O–H groups in total. The van der Waals surface area contributed by atoms with Crippen LogP contribution in [0.5, 0.6) is 11.5 Å². The molecular formula is C17H24IN3O2S. The number of aryl methyl sites for hydroxylation is 1. The number of halogens is 1. The smallest absolute Gasteiger partial charge is 0.191 e. The minimum atomic E-state index is 0. The highest BCUT2D eigenvalue weighted by Crippen LogP contribution is 2.26. The number of phenolic OH excluding ortho intramolecular Hbond substituents is 1. The van der Waals surface area contributed by atoms with Crippen LogP contribution in [0.2, 0.25) is 0 Å². The first kappa shape index (κ1) is 20.6. The molecule has 0 saturated heterocycles. The third-order valence-electron chi connectivity index (χ3n) is 3.23. The Kier molecular flexibility index (Phi) is 8.91. The first-order valence-electron chi connectivity index (χ1n) is 7.55. The van der Waals surface area contributed by atoms with Gasteiger partial charge in [-0.15, -0.1) is 35.3 Å². The molecule has 0 unspecified atom stereocenters. The minimum absolute atomic E-state index is 0. The minimum Gasteiger partial charge on any atom is -0.504 e. The van der Waals surface area contributed by atoms with Gasteiger partial charge in [0.1, 0.15) is 0 Å². The average molecular weight is 461 g/mol. The van der Waals surface area contributed by atoms with Crippen molar-refractivity contribution in [1.29, 1.82) is 0 Å². The van der Waals surface area contributed by atoms with Crippen molar-refractivity contribution in [3.63, 3.8) is 0 Å². The van der Waals surface area contributed by atoms with E-state index in [9.17, 15) is 5.11 Å². The number of ether oxygens (including phenoxy) is 1. The fourth-order valence-corrected chi connectivity index (χ4v) is 2.93. The normalized spacial score (nSPS) is 10.9. The van der Waals surface area contributed by atoms with E-state index < -0.39 is 0 Å². The number of phenols is 1. The number of nitrogens with one attached hydrogen (secondary N) is 2. The topological polar surface area (TPSA) is 65.9 Å². The predicted octanol–water partition coefficient (Wildman–Crippen LogP) is 3.64. The third kappa shape index (κ3) is 6.20. The summed E-state index contributed by atoms with van der Waals surface area (Å²) in [5.41, 5.74) is 0.924. The number of rotatable bonds is 6. The van der Waals surface area contributed by atoms with Crippen molar-refractivity contribution >= 4 is 41.3 Å². The second-order valence-corrected chi connectivity index (χ2v) is 6.44. The lowest BCUT2D eigenvalue weighted by Gasteiger charge is -2.11. The molecule has 1 aromatic heterocycles. The van der Waals surface area contributed by atoms with Crippen molar-refractivity contribution in [2.75, 3.05) is 13.7 Å². The zero-order valence-corrected chi connectivity index (χ0v) is 17.3. The Bertz CT molecular complexity index is 674. The van der Waals surface area contributed by atoms with Gasteiger partial charge in [0, 0.05) is 16.3 Å². The standard InChI is InChI=1S/C17H23N3O2S.HI/c1-4-18-17(20-11-14-7-5-12(2)23-14)19-10-13-6-8-16(22-3)15(21)9-13;/h5-9,21H,4,10-11H2,1-3H3,(H2,18,19,20);1H. The Morgan fingerprint density at radius 2 is 2.04 bits per heavy atom. The maximum atomic E-state index is 9.81. The van der Waals surface area contributed by atoms with E-state index in [0.717, 1.165) is 24.6 Å². The van der Waals surface area contributed by atoms with Crippen LogP contribution in [-0.2, 0) is 13.1 Å². The highest BCUT2D eigenvalue weighted by molar-refractivity contribution is 14.0. The summed E-state index contributed by atoms with van der Waals surface area (Å²) in [7, 11) is 1.53. The number of guanidine groups is 1. The first-order chi connectivity index (χ1) is 11.1. The number of methoxy groups -OCH3 is 1. The van der Waals surface area contributed by atoms with Gasteiger partial charge in [0.15, 0.2) is 17.5 Å². The molecule has 0 bridgehead atoms. The number of benzene rings is 1.